The van der Waals surface area contributed by atoms with Crippen LogP contribution in [0.3, 0.4) is 0 Å². The number of rotatable bonds is 6. The van der Waals surface area contributed by atoms with Crippen molar-refractivity contribution in [2.24, 2.45) is 0 Å². The van der Waals surface area contributed by atoms with Crippen molar-refractivity contribution in [2.75, 3.05) is 0 Å². The van der Waals surface area contributed by atoms with Crippen LogP contribution in [0.5, 0.6) is 11.5 Å². The predicted octanol–water partition coefficient (Wildman–Crippen LogP) is 4.26. The number of hydrogen-bond acceptors (Lipinski definition) is 4. The maximum atomic E-state index is 11.5. The van der Waals surface area contributed by atoms with E-state index in [1.54, 1.807) is 30.3 Å². The summed E-state index contributed by atoms with van der Waals surface area (Å²) in [4.78, 5) is 22.5. The molecular formula is C21H16O4. The summed E-state index contributed by atoms with van der Waals surface area (Å²) in [7, 11) is 0. The van der Waals surface area contributed by atoms with Gasteiger partial charge in [-0.05, 0) is 47.0 Å². The second-order valence-electron chi connectivity index (χ2n) is 5.53. The van der Waals surface area contributed by atoms with E-state index in [1.807, 2.05) is 30.3 Å². The fourth-order valence-electron chi connectivity index (χ4n) is 2.55. The van der Waals surface area contributed by atoms with Crippen molar-refractivity contribution >= 4 is 12.6 Å². The van der Waals surface area contributed by atoms with Gasteiger partial charge in [-0.15, -0.1) is 0 Å². The lowest BCUT2D eigenvalue weighted by molar-refractivity contribution is 0.111. The maximum Gasteiger partial charge on any atom is 0.153 e. The number of phenols is 1. The molecule has 4 heteroatoms. The standard InChI is InChI=1S/C21H16O4/c22-12-17-11-19(25-14-15-4-2-1-3-5-15)7-8-20(17)16-6-9-21(24)18(10-16)13-23/h1-13,24H,14H2. The Balaban J connectivity index is 1.87. The van der Waals surface area contributed by atoms with Crippen molar-refractivity contribution in [3.8, 4) is 22.6 Å². The van der Waals surface area contributed by atoms with E-state index >= 15 is 0 Å². The predicted molar refractivity (Wildman–Crippen MR) is 95.1 cm³/mol. The molecule has 0 fully saturated rings. The van der Waals surface area contributed by atoms with E-state index in [2.05, 4.69) is 0 Å². The van der Waals surface area contributed by atoms with Gasteiger partial charge in [-0.1, -0.05) is 36.4 Å². The summed E-state index contributed by atoms with van der Waals surface area (Å²) >= 11 is 0. The Morgan fingerprint density at radius 2 is 1.60 bits per heavy atom. The van der Waals surface area contributed by atoms with E-state index in [0.29, 0.717) is 35.3 Å². The van der Waals surface area contributed by atoms with E-state index in [-0.39, 0.29) is 11.3 Å². The molecule has 0 saturated carbocycles. The Morgan fingerprint density at radius 1 is 0.840 bits per heavy atom. The molecule has 3 rings (SSSR count). The molecule has 3 aromatic rings. The molecule has 0 amide bonds. The molecule has 0 atom stereocenters. The number of phenolic OH excluding ortho intramolecular Hbond substituents is 1. The third-order valence-corrected chi connectivity index (χ3v) is 3.86. The van der Waals surface area contributed by atoms with Crippen LogP contribution in [-0.2, 0) is 6.61 Å². The zero-order chi connectivity index (χ0) is 17.6. The van der Waals surface area contributed by atoms with Crippen molar-refractivity contribution in [2.45, 2.75) is 6.61 Å². The normalized spacial score (nSPS) is 10.2. The first-order valence-corrected chi connectivity index (χ1v) is 7.76. The Kier molecular flexibility index (Phi) is 4.90. The fraction of sp³-hybridized carbons (Fsp3) is 0.0476. The Hall–Kier alpha value is -3.40. The SMILES string of the molecule is O=Cc1cc(-c2ccc(OCc3ccccc3)cc2C=O)ccc1O. The lowest BCUT2D eigenvalue weighted by atomic mass is 9.98. The van der Waals surface area contributed by atoms with Gasteiger partial charge in [0.1, 0.15) is 18.1 Å². The molecule has 0 aromatic heterocycles. The van der Waals surface area contributed by atoms with E-state index in [9.17, 15) is 14.7 Å². The van der Waals surface area contributed by atoms with Crippen LogP contribution < -0.4 is 4.74 Å². The van der Waals surface area contributed by atoms with Crippen LogP contribution in [0.25, 0.3) is 11.1 Å². The van der Waals surface area contributed by atoms with Crippen molar-refractivity contribution in [3.05, 3.63) is 83.4 Å². The van der Waals surface area contributed by atoms with E-state index in [4.69, 9.17) is 4.74 Å². The van der Waals surface area contributed by atoms with E-state index in [0.717, 1.165) is 11.8 Å². The highest BCUT2D eigenvalue weighted by atomic mass is 16.5. The molecule has 25 heavy (non-hydrogen) atoms. The van der Waals surface area contributed by atoms with Gasteiger partial charge in [0.05, 0.1) is 5.56 Å². The quantitative estimate of drug-likeness (QED) is 0.685. The highest BCUT2D eigenvalue weighted by molar-refractivity contribution is 5.90. The summed E-state index contributed by atoms with van der Waals surface area (Å²) < 4.78 is 5.73. The first-order chi connectivity index (χ1) is 12.2. The summed E-state index contributed by atoms with van der Waals surface area (Å²) in [6.07, 6.45) is 1.33. The van der Waals surface area contributed by atoms with Crippen LogP contribution in [0.1, 0.15) is 26.3 Å². The molecule has 3 aromatic carbocycles. The molecule has 0 saturated heterocycles. The Labute approximate surface area is 145 Å². The van der Waals surface area contributed by atoms with Gasteiger partial charge in [0.15, 0.2) is 12.6 Å². The van der Waals surface area contributed by atoms with Crippen molar-refractivity contribution in [1.29, 1.82) is 0 Å². The minimum Gasteiger partial charge on any atom is -0.507 e. The van der Waals surface area contributed by atoms with E-state index in [1.165, 1.54) is 6.07 Å². The average Bonchev–Trinajstić information content (AvgIpc) is 2.67. The van der Waals surface area contributed by atoms with Crippen LogP contribution in [0, 0.1) is 0 Å². The van der Waals surface area contributed by atoms with Gasteiger partial charge < -0.3 is 9.84 Å². The lowest BCUT2D eigenvalue weighted by Crippen LogP contribution is -1.97. The summed E-state index contributed by atoms with van der Waals surface area (Å²) in [6.45, 7) is 0.410. The smallest absolute Gasteiger partial charge is 0.153 e. The average molecular weight is 332 g/mol. The highest BCUT2D eigenvalue weighted by Gasteiger charge is 2.09. The molecule has 0 aliphatic heterocycles. The number of carbonyl (C=O) groups is 2. The summed E-state index contributed by atoms with van der Waals surface area (Å²) in [5, 5.41) is 9.61. The van der Waals surface area contributed by atoms with Gasteiger partial charge in [0.2, 0.25) is 0 Å². The van der Waals surface area contributed by atoms with Crippen molar-refractivity contribution in [1.82, 2.24) is 0 Å². The zero-order valence-corrected chi connectivity index (χ0v) is 13.4. The number of benzene rings is 3. The molecule has 0 aliphatic carbocycles. The molecular weight excluding hydrogens is 316 g/mol. The molecule has 0 radical (unpaired) electrons. The molecule has 1 N–H and O–H groups in total. The van der Waals surface area contributed by atoms with Gasteiger partial charge >= 0.3 is 0 Å². The van der Waals surface area contributed by atoms with Gasteiger partial charge in [-0.25, -0.2) is 0 Å². The van der Waals surface area contributed by atoms with Crippen molar-refractivity contribution in [3.63, 3.8) is 0 Å². The minimum absolute atomic E-state index is 0.0887. The highest BCUT2D eigenvalue weighted by Crippen LogP contribution is 2.29. The van der Waals surface area contributed by atoms with Crippen LogP contribution in [0.4, 0.5) is 0 Å². The molecule has 124 valence electrons. The first kappa shape index (κ1) is 16.5. The third kappa shape index (κ3) is 3.75. The largest absolute Gasteiger partial charge is 0.507 e. The molecule has 0 bridgehead atoms. The molecule has 0 spiro atoms. The van der Waals surface area contributed by atoms with Gasteiger partial charge in [-0.2, -0.15) is 0 Å². The van der Waals surface area contributed by atoms with Crippen LogP contribution in [-0.4, -0.2) is 17.7 Å². The minimum atomic E-state index is -0.0887. The zero-order valence-electron chi connectivity index (χ0n) is 13.4. The van der Waals surface area contributed by atoms with Crippen LogP contribution in [0.2, 0.25) is 0 Å². The van der Waals surface area contributed by atoms with Crippen LogP contribution >= 0.6 is 0 Å². The van der Waals surface area contributed by atoms with Crippen LogP contribution in [0.15, 0.2) is 66.7 Å². The molecule has 0 heterocycles. The van der Waals surface area contributed by atoms with Gasteiger partial charge in [-0.3, -0.25) is 9.59 Å². The third-order valence-electron chi connectivity index (χ3n) is 3.86. The molecule has 0 unspecified atom stereocenters. The maximum absolute atomic E-state index is 11.5. The number of hydrogen-bond donors (Lipinski definition) is 1. The number of aldehydes is 2. The summed E-state index contributed by atoms with van der Waals surface area (Å²) in [5.74, 6) is 0.498. The Bertz CT molecular complexity index is 901. The first-order valence-electron chi connectivity index (χ1n) is 7.76. The molecule has 0 aliphatic rings. The number of ether oxygens (including phenoxy) is 1. The summed E-state index contributed by atoms with van der Waals surface area (Å²) in [6, 6.07) is 19.6. The monoisotopic (exact) mass is 332 g/mol. The lowest BCUT2D eigenvalue weighted by Gasteiger charge is -2.11. The fourth-order valence-corrected chi connectivity index (χ4v) is 2.55. The second-order valence-corrected chi connectivity index (χ2v) is 5.53. The summed E-state index contributed by atoms with van der Waals surface area (Å²) in [5.41, 5.74) is 3.02. The van der Waals surface area contributed by atoms with Gasteiger partial charge in [0, 0.05) is 5.56 Å². The van der Waals surface area contributed by atoms with Gasteiger partial charge in [0.25, 0.3) is 0 Å². The number of aromatic hydroxyl groups is 1. The number of carbonyl (C=O) groups excluding carboxylic acids is 2. The van der Waals surface area contributed by atoms with E-state index < -0.39 is 0 Å². The second kappa shape index (κ2) is 7.45. The molecule has 4 nitrogen and oxygen atoms in total. The van der Waals surface area contributed by atoms with Crippen molar-refractivity contribution < 1.29 is 19.4 Å². The Morgan fingerprint density at radius 3 is 2.32 bits per heavy atom. The topological polar surface area (TPSA) is 63.6 Å².